The zero-order chi connectivity index (χ0) is 9.40. The van der Waals surface area contributed by atoms with Crippen molar-refractivity contribution in [2.45, 2.75) is 26.3 Å². The Balaban J connectivity index is 3.40. The standard InChI is InChI=1S/C8H17NO3/c1-4-5-12-8(10)9-7(2)6-11-3/h7H,4-6H2,1-3H3,(H,9,10). The van der Waals surface area contributed by atoms with Gasteiger partial charge in [0.2, 0.25) is 0 Å². The molecule has 4 heteroatoms. The minimum absolute atomic E-state index is 0.000596. The molecule has 0 aromatic carbocycles. The molecule has 0 heterocycles. The van der Waals surface area contributed by atoms with Crippen molar-refractivity contribution in [1.29, 1.82) is 0 Å². The number of carbonyl (C=O) groups is 1. The summed E-state index contributed by atoms with van der Waals surface area (Å²) >= 11 is 0. The summed E-state index contributed by atoms with van der Waals surface area (Å²) in [5, 5.41) is 2.63. The SMILES string of the molecule is CCCOC(=O)NC(C)COC. The second-order valence-electron chi connectivity index (χ2n) is 2.64. The summed E-state index contributed by atoms with van der Waals surface area (Å²) in [4.78, 5) is 10.9. The van der Waals surface area contributed by atoms with Crippen molar-refractivity contribution in [3.8, 4) is 0 Å². The van der Waals surface area contributed by atoms with E-state index in [2.05, 4.69) is 5.32 Å². The molecule has 0 aliphatic rings. The molecule has 0 aliphatic heterocycles. The Bertz CT molecular complexity index is 127. The van der Waals surface area contributed by atoms with Gasteiger partial charge in [-0.05, 0) is 13.3 Å². The predicted molar refractivity (Wildman–Crippen MR) is 46.1 cm³/mol. The average molecular weight is 175 g/mol. The summed E-state index contributed by atoms with van der Waals surface area (Å²) in [6.45, 7) is 4.77. The molecule has 0 spiro atoms. The van der Waals surface area contributed by atoms with Crippen LogP contribution in [0.3, 0.4) is 0 Å². The second kappa shape index (κ2) is 6.91. The first-order valence-corrected chi connectivity index (χ1v) is 4.13. The zero-order valence-electron chi connectivity index (χ0n) is 7.92. The van der Waals surface area contributed by atoms with Crippen molar-refractivity contribution in [3.05, 3.63) is 0 Å². The number of hydrogen-bond donors (Lipinski definition) is 1. The van der Waals surface area contributed by atoms with E-state index in [4.69, 9.17) is 9.47 Å². The molecule has 0 aromatic rings. The van der Waals surface area contributed by atoms with Crippen LogP contribution in [0.25, 0.3) is 0 Å². The smallest absolute Gasteiger partial charge is 0.407 e. The monoisotopic (exact) mass is 175 g/mol. The minimum Gasteiger partial charge on any atom is -0.450 e. The molecule has 0 aromatic heterocycles. The molecule has 72 valence electrons. The number of carbonyl (C=O) groups excluding carboxylic acids is 1. The van der Waals surface area contributed by atoms with Gasteiger partial charge in [-0.15, -0.1) is 0 Å². The van der Waals surface area contributed by atoms with Crippen LogP contribution in [0.2, 0.25) is 0 Å². The molecule has 0 radical (unpaired) electrons. The van der Waals surface area contributed by atoms with Gasteiger partial charge in [0.05, 0.1) is 19.3 Å². The van der Waals surface area contributed by atoms with Gasteiger partial charge in [0.1, 0.15) is 0 Å². The number of amides is 1. The third kappa shape index (κ3) is 5.97. The first-order chi connectivity index (χ1) is 5.70. The molecule has 0 aliphatic carbocycles. The van der Waals surface area contributed by atoms with E-state index in [0.717, 1.165) is 6.42 Å². The van der Waals surface area contributed by atoms with E-state index in [1.54, 1.807) is 7.11 Å². The highest BCUT2D eigenvalue weighted by molar-refractivity contribution is 5.67. The highest BCUT2D eigenvalue weighted by Crippen LogP contribution is 1.86. The number of ether oxygens (including phenoxy) is 2. The van der Waals surface area contributed by atoms with E-state index in [1.165, 1.54) is 0 Å². The number of hydrogen-bond acceptors (Lipinski definition) is 3. The quantitative estimate of drug-likeness (QED) is 0.682. The van der Waals surface area contributed by atoms with E-state index < -0.39 is 0 Å². The van der Waals surface area contributed by atoms with Crippen molar-refractivity contribution < 1.29 is 14.3 Å². The van der Waals surface area contributed by atoms with Crippen LogP contribution < -0.4 is 5.32 Å². The molecule has 0 bridgehead atoms. The Kier molecular flexibility index (Phi) is 6.47. The molecule has 1 N–H and O–H groups in total. The van der Waals surface area contributed by atoms with Gasteiger partial charge in [-0.1, -0.05) is 6.92 Å². The maximum absolute atomic E-state index is 10.9. The molecule has 0 saturated heterocycles. The normalized spacial score (nSPS) is 12.2. The number of nitrogens with one attached hydrogen (secondary N) is 1. The van der Waals surface area contributed by atoms with Crippen LogP contribution in [0.15, 0.2) is 0 Å². The van der Waals surface area contributed by atoms with Gasteiger partial charge in [0.15, 0.2) is 0 Å². The fraction of sp³-hybridized carbons (Fsp3) is 0.875. The second-order valence-corrected chi connectivity index (χ2v) is 2.64. The van der Waals surface area contributed by atoms with Crippen molar-refractivity contribution >= 4 is 6.09 Å². The first kappa shape index (κ1) is 11.2. The lowest BCUT2D eigenvalue weighted by Crippen LogP contribution is -2.36. The summed E-state index contributed by atoms with van der Waals surface area (Å²) in [5.41, 5.74) is 0. The molecule has 12 heavy (non-hydrogen) atoms. The van der Waals surface area contributed by atoms with Crippen molar-refractivity contribution in [3.63, 3.8) is 0 Å². The fourth-order valence-corrected chi connectivity index (χ4v) is 0.729. The number of alkyl carbamates (subject to hydrolysis) is 1. The molecule has 1 atom stereocenters. The molecule has 0 saturated carbocycles. The summed E-state index contributed by atoms with van der Waals surface area (Å²) in [7, 11) is 1.59. The van der Waals surface area contributed by atoms with Gasteiger partial charge in [-0.3, -0.25) is 0 Å². The summed E-state index contributed by atoms with van der Waals surface area (Å²) in [6, 6.07) is -0.000596. The van der Waals surface area contributed by atoms with E-state index in [9.17, 15) is 4.79 Å². The Labute approximate surface area is 73.2 Å². The van der Waals surface area contributed by atoms with Crippen LogP contribution in [-0.4, -0.2) is 32.5 Å². The van der Waals surface area contributed by atoms with Gasteiger partial charge in [0.25, 0.3) is 0 Å². The predicted octanol–water partition coefficient (Wildman–Crippen LogP) is 1.16. The summed E-state index contributed by atoms with van der Waals surface area (Å²) < 4.78 is 9.64. The Morgan fingerprint density at radius 2 is 2.25 bits per heavy atom. The van der Waals surface area contributed by atoms with E-state index in [-0.39, 0.29) is 12.1 Å². The Hall–Kier alpha value is -0.770. The molecule has 0 rings (SSSR count). The number of rotatable bonds is 5. The van der Waals surface area contributed by atoms with Crippen LogP contribution >= 0.6 is 0 Å². The maximum atomic E-state index is 10.9. The largest absolute Gasteiger partial charge is 0.450 e. The topological polar surface area (TPSA) is 47.6 Å². The molecule has 4 nitrogen and oxygen atoms in total. The van der Waals surface area contributed by atoms with Gasteiger partial charge < -0.3 is 14.8 Å². The molecule has 1 amide bonds. The van der Waals surface area contributed by atoms with Gasteiger partial charge in [0, 0.05) is 7.11 Å². The van der Waals surface area contributed by atoms with Crippen LogP contribution in [0, 0.1) is 0 Å². The van der Waals surface area contributed by atoms with Crippen LogP contribution in [0.4, 0.5) is 4.79 Å². The molecule has 1 unspecified atom stereocenters. The first-order valence-electron chi connectivity index (χ1n) is 4.13. The zero-order valence-corrected chi connectivity index (χ0v) is 7.92. The van der Waals surface area contributed by atoms with Gasteiger partial charge in [-0.25, -0.2) is 4.79 Å². The average Bonchev–Trinajstić information content (AvgIpc) is 2.01. The van der Waals surface area contributed by atoms with Crippen molar-refractivity contribution in [1.82, 2.24) is 5.32 Å². The van der Waals surface area contributed by atoms with Gasteiger partial charge >= 0.3 is 6.09 Å². The Morgan fingerprint density at radius 3 is 2.75 bits per heavy atom. The Morgan fingerprint density at radius 1 is 1.58 bits per heavy atom. The van der Waals surface area contributed by atoms with E-state index in [0.29, 0.717) is 13.2 Å². The third-order valence-corrected chi connectivity index (χ3v) is 1.22. The van der Waals surface area contributed by atoms with Crippen molar-refractivity contribution in [2.24, 2.45) is 0 Å². The van der Waals surface area contributed by atoms with Crippen molar-refractivity contribution in [2.75, 3.05) is 20.3 Å². The molecule has 0 fully saturated rings. The lowest BCUT2D eigenvalue weighted by atomic mass is 10.4. The molecular formula is C8H17NO3. The fourth-order valence-electron chi connectivity index (χ4n) is 0.729. The molecular weight excluding hydrogens is 158 g/mol. The maximum Gasteiger partial charge on any atom is 0.407 e. The third-order valence-electron chi connectivity index (χ3n) is 1.22. The lowest BCUT2D eigenvalue weighted by molar-refractivity contribution is 0.128. The number of methoxy groups -OCH3 is 1. The van der Waals surface area contributed by atoms with Crippen LogP contribution in [0.5, 0.6) is 0 Å². The lowest BCUT2D eigenvalue weighted by Gasteiger charge is -2.12. The highest BCUT2D eigenvalue weighted by Gasteiger charge is 2.06. The minimum atomic E-state index is -0.374. The van der Waals surface area contributed by atoms with Gasteiger partial charge in [-0.2, -0.15) is 0 Å². The van der Waals surface area contributed by atoms with E-state index >= 15 is 0 Å². The van der Waals surface area contributed by atoms with E-state index in [1.807, 2.05) is 13.8 Å². The van der Waals surface area contributed by atoms with Crippen LogP contribution in [0.1, 0.15) is 20.3 Å². The highest BCUT2D eigenvalue weighted by atomic mass is 16.5. The summed E-state index contributed by atoms with van der Waals surface area (Å²) in [6.07, 6.45) is 0.466. The van der Waals surface area contributed by atoms with Crippen LogP contribution in [-0.2, 0) is 9.47 Å². The summed E-state index contributed by atoms with van der Waals surface area (Å²) in [5.74, 6) is 0.